The van der Waals surface area contributed by atoms with Crippen molar-refractivity contribution in [3.63, 3.8) is 0 Å². The maximum atomic E-state index is 12.1. The molecular formula is C17H25N5O2. The molecule has 0 bridgehead atoms. The maximum Gasteiger partial charge on any atom is 0.330 e. The molecule has 0 aromatic carbocycles. The molecular weight excluding hydrogens is 306 g/mol. The molecule has 7 nitrogen and oxygen atoms in total. The summed E-state index contributed by atoms with van der Waals surface area (Å²) in [5.41, 5.74) is 2.45. The minimum absolute atomic E-state index is 0.248. The molecule has 1 aliphatic rings. The SMILES string of the molecule is Cc1cc(C)n(C[C@H]2CCCN2Cc2cc(=O)n(C)c(=O)n2C)n1. The zero-order valence-electron chi connectivity index (χ0n) is 14.8. The molecule has 0 aliphatic carbocycles. The summed E-state index contributed by atoms with van der Waals surface area (Å²) in [5, 5.41) is 4.55. The third-order valence-corrected chi connectivity index (χ3v) is 4.98. The number of hydrogen-bond acceptors (Lipinski definition) is 4. The summed E-state index contributed by atoms with van der Waals surface area (Å²) in [4.78, 5) is 26.4. The summed E-state index contributed by atoms with van der Waals surface area (Å²) in [6.07, 6.45) is 2.24. The van der Waals surface area contributed by atoms with Gasteiger partial charge in [0.05, 0.1) is 12.2 Å². The van der Waals surface area contributed by atoms with Crippen LogP contribution in [0.25, 0.3) is 0 Å². The second-order valence-corrected chi connectivity index (χ2v) is 6.75. The third-order valence-electron chi connectivity index (χ3n) is 4.98. The molecule has 0 N–H and O–H groups in total. The van der Waals surface area contributed by atoms with Gasteiger partial charge in [-0.15, -0.1) is 0 Å². The van der Waals surface area contributed by atoms with Crippen LogP contribution < -0.4 is 11.2 Å². The Morgan fingerprint density at radius 3 is 2.58 bits per heavy atom. The predicted molar refractivity (Wildman–Crippen MR) is 92.1 cm³/mol. The minimum Gasteiger partial charge on any atom is -0.299 e. The summed E-state index contributed by atoms with van der Waals surface area (Å²) >= 11 is 0. The second kappa shape index (κ2) is 6.39. The summed E-state index contributed by atoms with van der Waals surface area (Å²) in [6.45, 7) is 6.52. The van der Waals surface area contributed by atoms with Crippen LogP contribution in [0.2, 0.25) is 0 Å². The lowest BCUT2D eigenvalue weighted by Crippen LogP contribution is -2.40. The fourth-order valence-electron chi connectivity index (χ4n) is 3.51. The van der Waals surface area contributed by atoms with Gasteiger partial charge in [-0.3, -0.25) is 23.5 Å². The van der Waals surface area contributed by atoms with E-state index in [2.05, 4.69) is 27.7 Å². The Morgan fingerprint density at radius 2 is 1.92 bits per heavy atom. The fraction of sp³-hybridized carbons (Fsp3) is 0.588. The first-order chi connectivity index (χ1) is 11.4. The van der Waals surface area contributed by atoms with Crippen LogP contribution in [0.15, 0.2) is 21.7 Å². The first-order valence-electron chi connectivity index (χ1n) is 8.38. The molecule has 0 radical (unpaired) electrons. The number of aromatic nitrogens is 4. The fourth-order valence-corrected chi connectivity index (χ4v) is 3.51. The zero-order valence-corrected chi connectivity index (χ0v) is 14.8. The Morgan fingerprint density at radius 1 is 1.17 bits per heavy atom. The maximum absolute atomic E-state index is 12.1. The van der Waals surface area contributed by atoms with Gasteiger partial charge in [-0.2, -0.15) is 5.10 Å². The van der Waals surface area contributed by atoms with Crippen LogP contribution in [0.3, 0.4) is 0 Å². The van der Waals surface area contributed by atoms with Crippen molar-refractivity contribution in [1.82, 2.24) is 23.8 Å². The van der Waals surface area contributed by atoms with Crippen molar-refractivity contribution < 1.29 is 0 Å². The largest absolute Gasteiger partial charge is 0.330 e. The number of likely N-dealkylation sites (tertiary alicyclic amines) is 1. The van der Waals surface area contributed by atoms with Crippen LogP contribution in [-0.4, -0.2) is 36.4 Å². The minimum atomic E-state index is -0.271. The monoisotopic (exact) mass is 331 g/mol. The normalized spacial score (nSPS) is 18.4. The van der Waals surface area contributed by atoms with Gasteiger partial charge in [0, 0.05) is 44.1 Å². The molecule has 1 aliphatic heterocycles. The molecule has 2 aromatic rings. The van der Waals surface area contributed by atoms with E-state index in [-0.39, 0.29) is 11.2 Å². The van der Waals surface area contributed by atoms with E-state index in [1.165, 1.54) is 12.7 Å². The van der Waals surface area contributed by atoms with Crippen LogP contribution in [0.4, 0.5) is 0 Å². The average Bonchev–Trinajstić information content (AvgIpc) is 3.09. The Hall–Kier alpha value is -2.15. The van der Waals surface area contributed by atoms with E-state index in [0.717, 1.165) is 41.9 Å². The molecule has 0 unspecified atom stereocenters. The Balaban J connectivity index is 1.81. The van der Waals surface area contributed by atoms with Crippen molar-refractivity contribution >= 4 is 0 Å². The highest BCUT2D eigenvalue weighted by Crippen LogP contribution is 2.21. The van der Waals surface area contributed by atoms with Crippen LogP contribution >= 0.6 is 0 Å². The topological polar surface area (TPSA) is 65.1 Å². The number of nitrogens with zero attached hydrogens (tertiary/aromatic N) is 5. The van der Waals surface area contributed by atoms with Crippen LogP contribution in [0.1, 0.15) is 29.9 Å². The van der Waals surface area contributed by atoms with E-state index in [4.69, 9.17) is 0 Å². The van der Waals surface area contributed by atoms with Crippen LogP contribution in [0.5, 0.6) is 0 Å². The molecule has 130 valence electrons. The second-order valence-electron chi connectivity index (χ2n) is 6.75. The van der Waals surface area contributed by atoms with E-state index >= 15 is 0 Å². The first-order valence-corrected chi connectivity index (χ1v) is 8.38. The lowest BCUT2D eigenvalue weighted by Gasteiger charge is -2.25. The van der Waals surface area contributed by atoms with E-state index in [9.17, 15) is 9.59 Å². The van der Waals surface area contributed by atoms with Crippen molar-refractivity contribution in [3.05, 3.63) is 50.1 Å². The van der Waals surface area contributed by atoms with Gasteiger partial charge < -0.3 is 0 Å². The highest BCUT2D eigenvalue weighted by Gasteiger charge is 2.26. The van der Waals surface area contributed by atoms with Gasteiger partial charge in [0.1, 0.15) is 0 Å². The predicted octanol–water partition coefficient (Wildman–Crippen LogP) is 0.562. The van der Waals surface area contributed by atoms with Gasteiger partial charge in [0.25, 0.3) is 5.56 Å². The number of hydrogen-bond donors (Lipinski definition) is 0. The number of aryl methyl sites for hydroxylation is 2. The Labute approximate surface area is 141 Å². The van der Waals surface area contributed by atoms with E-state index in [0.29, 0.717) is 12.6 Å². The Bertz CT molecular complexity index is 861. The van der Waals surface area contributed by atoms with Gasteiger partial charge in [-0.05, 0) is 39.3 Å². The summed E-state index contributed by atoms with van der Waals surface area (Å²) < 4.78 is 4.77. The molecule has 3 rings (SSSR count). The lowest BCUT2D eigenvalue weighted by molar-refractivity contribution is 0.212. The third kappa shape index (κ3) is 3.08. The Kier molecular flexibility index (Phi) is 4.45. The van der Waals surface area contributed by atoms with Crippen molar-refractivity contribution in [3.8, 4) is 0 Å². The highest BCUT2D eigenvalue weighted by atomic mass is 16.2. The lowest BCUT2D eigenvalue weighted by atomic mass is 10.2. The molecule has 0 spiro atoms. The highest BCUT2D eigenvalue weighted by molar-refractivity contribution is 5.07. The van der Waals surface area contributed by atoms with Gasteiger partial charge in [-0.1, -0.05) is 0 Å². The van der Waals surface area contributed by atoms with Crippen LogP contribution in [-0.2, 0) is 27.2 Å². The summed E-state index contributed by atoms with van der Waals surface area (Å²) in [5.74, 6) is 0. The van der Waals surface area contributed by atoms with E-state index < -0.39 is 0 Å². The van der Waals surface area contributed by atoms with Gasteiger partial charge in [0.2, 0.25) is 0 Å². The summed E-state index contributed by atoms with van der Waals surface area (Å²) in [7, 11) is 3.24. The number of rotatable bonds is 4. The van der Waals surface area contributed by atoms with Crippen molar-refractivity contribution in [2.45, 2.75) is 45.8 Å². The van der Waals surface area contributed by atoms with Gasteiger partial charge in [-0.25, -0.2) is 4.79 Å². The molecule has 0 saturated carbocycles. The van der Waals surface area contributed by atoms with Crippen LogP contribution in [0, 0.1) is 13.8 Å². The molecule has 7 heteroatoms. The quantitative estimate of drug-likeness (QED) is 0.821. The van der Waals surface area contributed by atoms with E-state index in [1.807, 2.05) is 6.92 Å². The van der Waals surface area contributed by atoms with Crippen molar-refractivity contribution in [1.29, 1.82) is 0 Å². The first kappa shape index (κ1) is 16.7. The van der Waals surface area contributed by atoms with Gasteiger partial charge >= 0.3 is 5.69 Å². The molecule has 1 fully saturated rings. The summed E-state index contributed by atoms with van der Waals surface area (Å²) in [6, 6.07) is 4.03. The molecule has 0 amide bonds. The van der Waals surface area contributed by atoms with Gasteiger partial charge in [0.15, 0.2) is 0 Å². The standard InChI is InChI=1S/C17H25N5O2/c1-12-8-13(2)22(18-12)11-14-6-5-7-21(14)10-15-9-16(23)20(4)17(24)19(15)3/h8-9,14H,5-7,10-11H2,1-4H3/t14-/m1/s1. The van der Waals surface area contributed by atoms with Crippen molar-refractivity contribution in [2.24, 2.45) is 14.1 Å². The smallest absolute Gasteiger partial charge is 0.299 e. The molecule has 2 aromatic heterocycles. The average molecular weight is 331 g/mol. The molecule has 3 heterocycles. The van der Waals surface area contributed by atoms with Crippen molar-refractivity contribution in [2.75, 3.05) is 6.54 Å². The molecule has 24 heavy (non-hydrogen) atoms. The zero-order chi connectivity index (χ0) is 17.4. The molecule has 1 saturated heterocycles. The molecule has 1 atom stereocenters. The van der Waals surface area contributed by atoms with E-state index in [1.54, 1.807) is 17.7 Å².